The molecule has 11 nitrogen and oxygen atoms in total. The van der Waals surface area contributed by atoms with Gasteiger partial charge in [0.25, 0.3) is 5.69 Å². The maximum Gasteiger partial charge on any atom is 0.307 e. The molecule has 0 atom stereocenters. The van der Waals surface area contributed by atoms with Gasteiger partial charge in [-0.1, -0.05) is 18.2 Å². The first-order valence-electron chi connectivity index (χ1n) is 11.2. The van der Waals surface area contributed by atoms with Crippen LogP contribution in [0.15, 0.2) is 92.6 Å². The SMILES string of the molecule is CCn1c(Sc2ccc([N+](=O)[O-])cc2/C=N/NC(=O)c2cc3ccccc3o2)nnc1-c1ccncc1. The van der Waals surface area contributed by atoms with E-state index in [0.717, 1.165) is 10.9 Å². The quantitative estimate of drug-likeness (QED) is 0.175. The normalized spacial score (nSPS) is 11.3. The van der Waals surface area contributed by atoms with Crippen LogP contribution in [0.1, 0.15) is 23.0 Å². The lowest BCUT2D eigenvalue weighted by Gasteiger charge is -2.09. The molecule has 0 saturated carbocycles. The predicted molar refractivity (Wildman–Crippen MR) is 137 cm³/mol. The van der Waals surface area contributed by atoms with Crippen LogP contribution in [0.2, 0.25) is 0 Å². The van der Waals surface area contributed by atoms with Crippen LogP contribution >= 0.6 is 11.8 Å². The molecule has 37 heavy (non-hydrogen) atoms. The van der Waals surface area contributed by atoms with E-state index in [4.69, 9.17) is 4.42 Å². The van der Waals surface area contributed by atoms with Gasteiger partial charge in [-0.2, -0.15) is 5.10 Å². The van der Waals surface area contributed by atoms with E-state index in [1.165, 1.54) is 30.1 Å². The Labute approximate surface area is 214 Å². The fourth-order valence-corrected chi connectivity index (χ4v) is 4.58. The summed E-state index contributed by atoms with van der Waals surface area (Å²) in [5, 5.41) is 25.4. The lowest BCUT2D eigenvalue weighted by Crippen LogP contribution is -2.16. The Hall–Kier alpha value is -4.84. The second kappa shape index (κ2) is 10.4. The number of hydrogen-bond donors (Lipinski definition) is 1. The summed E-state index contributed by atoms with van der Waals surface area (Å²) in [5.74, 6) is 0.245. The maximum absolute atomic E-state index is 12.5. The summed E-state index contributed by atoms with van der Waals surface area (Å²) >= 11 is 1.29. The molecule has 0 unspecified atom stereocenters. The minimum absolute atomic E-state index is 0.103. The topological polar surface area (TPSA) is 141 Å². The molecule has 5 aromatic rings. The summed E-state index contributed by atoms with van der Waals surface area (Å²) in [6.45, 7) is 2.58. The maximum atomic E-state index is 12.5. The summed E-state index contributed by atoms with van der Waals surface area (Å²) in [4.78, 5) is 28.1. The van der Waals surface area contributed by atoms with Gasteiger partial charge in [-0.25, -0.2) is 5.43 Å². The number of nitro benzene ring substituents is 1. The van der Waals surface area contributed by atoms with Crippen LogP contribution < -0.4 is 5.43 Å². The van der Waals surface area contributed by atoms with Crippen molar-refractivity contribution in [2.24, 2.45) is 5.10 Å². The Morgan fingerprint density at radius 1 is 1.16 bits per heavy atom. The third-order valence-electron chi connectivity index (χ3n) is 5.40. The summed E-state index contributed by atoms with van der Waals surface area (Å²) in [7, 11) is 0. The van der Waals surface area contributed by atoms with E-state index in [0.29, 0.717) is 33.6 Å². The highest BCUT2D eigenvalue weighted by Gasteiger charge is 2.17. The number of carbonyl (C=O) groups excluding carboxylic acids is 1. The number of carbonyl (C=O) groups is 1. The van der Waals surface area contributed by atoms with E-state index >= 15 is 0 Å². The molecule has 5 rings (SSSR count). The molecule has 0 radical (unpaired) electrons. The number of nitrogens with one attached hydrogen (secondary N) is 1. The highest BCUT2D eigenvalue weighted by molar-refractivity contribution is 7.99. The van der Waals surface area contributed by atoms with Crippen LogP contribution in [0, 0.1) is 10.1 Å². The molecule has 2 aromatic carbocycles. The molecule has 0 aliphatic carbocycles. The molecule has 0 fully saturated rings. The molecule has 184 valence electrons. The van der Waals surface area contributed by atoms with Gasteiger partial charge in [0.1, 0.15) is 5.58 Å². The van der Waals surface area contributed by atoms with Gasteiger partial charge >= 0.3 is 5.91 Å². The molecular weight excluding hydrogens is 494 g/mol. The molecule has 3 aromatic heterocycles. The zero-order valence-corrected chi connectivity index (χ0v) is 20.3. The van der Waals surface area contributed by atoms with Crippen molar-refractivity contribution in [1.82, 2.24) is 25.2 Å². The van der Waals surface area contributed by atoms with Crippen molar-refractivity contribution >= 4 is 40.5 Å². The van der Waals surface area contributed by atoms with Gasteiger partial charge in [0.05, 0.1) is 11.1 Å². The zero-order chi connectivity index (χ0) is 25.8. The molecule has 0 aliphatic heterocycles. The van der Waals surface area contributed by atoms with Crippen molar-refractivity contribution in [3.8, 4) is 11.4 Å². The first-order valence-corrected chi connectivity index (χ1v) is 12.0. The average Bonchev–Trinajstić information content (AvgIpc) is 3.54. The number of para-hydroxylation sites is 1. The first kappa shape index (κ1) is 23.9. The van der Waals surface area contributed by atoms with Gasteiger partial charge in [-0.15, -0.1) is 10.2 Å². The van der Waals surface area contributed by atoms with Gasteiger partial charge in [0.2, 0.25) is 0 Å². The van der Waals surface area contributed by atoms with E-state index in [1.807, 2.05) is 41.8 Å². The van der Waals surface area contributed by atoms with Gasteiger partial charge < -0.3 is 8.98 Å². The van der Waals surface area contributed by atoms with Crippen LogP contribution in [0.3, 0.4) is 0 Å². The Kier molecular flexibility index (Phi) is 6.72. The largest absolute Gasteiger partial charge is 0.451 e. The number of hydrazone groups is 1. The molecule has 1 N–H and O–H groups in total. The van der Waals surface area contributed by atoms with Crippen molar-refractivity contribution in [2.45, 2.75) is 23.5 Å². The minimum atomic E-state index is -0.542. The number of aromatic nitrogens is 4. The van der Waals surface area contributed by atoms with Crippen molar-refractivity contribution in [3.63, 3.8) is 0 Å². The predicted octanol–water partition coefficient (Wildman–Crippen LogP) is 4.93. The molecule has 0 saturated heterocycles. The van der Waals surface area contributed by atoms with E-state index in [2.05, 4.69) is 25.7 Å². The molecule has 0 bridgehead atoms. The molecule has 0 spiro atoms. The number of furan rings is 1. The van der Waals surface area contributed by atoms with Gasteiger partial charge in [-0.3, -0.25) is 19.9 Å². The number of rotatable bonds is 8. The Bertz CT molecular complexity index is 1600. The zero-order valence-electron chi connectivity index (χ0n) is 19.4. The van der Waals surface area contributed by atoms with Crippen molar-refractivity contribution in [2.75, 3.05) is 0 Å². The molecule has 12 heteroatoms. The van der Waals surface area contributed by atoms with E-state index in [-0.39, 0.29) is 11.4 Å². The summed E-state index contributed by atoms with van der Waals surface area (Å²) in [5.41, 5.74) is 4.19. The minimum Gasteiger partial charge on any atom is -0.451 e. The fourth-order valence-electron chi connectivity index (χ4n) is 3.61. The number of amides is 1. The first-order chi connectivity index (χ1) is 18.0. The number of non-ortho nitro benzene ring substituents is 1. The highest BCUT2D eigenvalue weighted by Crippen LogP contribution is 2.33. The van der Waals surface area contributed by atoms with Gasteiger partial charge in [0.15, 0.2) is 16.7 Å². The van der Waals surface area contributed by atoms with Crippen LogP contribution in [-0.2, 0) is 6.54 Å². The number of nitro groups is 1. The van der Waals surface area contributed by atoms with Crippen LogP contribution in [0.25, 0.3) is 22.4 Å². The second-order valence-corrected chi connectivity index (χ2v) is 8.72. The molecule has 1 amide bonds. The van der Waals surface area contributed by atoms with Crippen LogP contribution in [-0.4, -0.2) is 36.8 Å². The number of nitrogens with zero attached hydrogens (tertiary/aromatic N) is 6. The lowest BCUT2D eigenvalue weighted by atomic mass is 10.2. The highest BCUT2D eigenvalue weighted by atomic mass is 32.2. The Morgan fingerprint density at radius 2 is 1.97 bits per heavy atom. The van der Waals surface area contributed by atoms with E-state index < -0.39 is 10.8 Å². The molecular formula is C25H19N7O4S. The van der Waals surface area contributed by atoms with Gasteiger partial charge in [0, 0.05) is 52.5 Å². The molecule has 3 heterocycles. The van der Waals surface area contributed by atoms with E-state index in [1.54, 1.807) is 30.6 Å². The monoisotopic (exact) mass is 513 g/mol. The smallest absolute Gasteiger partial charge is 0.307 e. The van der Waals surface area contributed by atoms with Crippen molar-refractivity contribution in [3.05, 3.63) is 94.5 Å². The number of fused-ring (bicyclic) bond motifs is 1. The van der Waals surface area contributed by atoms with Crippen molar-refractivity contribution < 1.29 is 14.1 Å². The van der Waals surface area contributed by atoms with Crippen LogP contribution in [0.4, 0.5) is 5.69 Å². The number of hydrogen-bond acceptors (Lipinski definition) is 9. The third-order valence-corrected chi connectivity index (χ3v) is 6.47. The Morgan fingerprint density at radius 3 is 2.73 bits per heavy atom. The number of benzene rings is 2. The lowest BCUT2D eigenvalue weighted by molar-refractivity contribution is -0.384. The van der Waals surface area contributed by atoms with Gasteiger partial charge in [-0.05, 0) is 49.0 Å². The van der Waals surface area contributed by atoms with Crippen LogP contribution in [0.5, 0.6) is 0 Å². The van der Waals surface area contributed by atoms with E-state index in [9.17, 15) is 14.9 Å². The fraction of sp³-hybridized carbons (Fsp3) is 0.0800. The summed E-state index contributed by atoms with van der Waals surface area (Å²) < 4.78 is 7.49. The average molecular weight is 514 g/mol. The third kappa shape index (κ3) is 5.09. The summed E-state index contributed by atoms with van der Waals surface area (Å²) in [6.07, 6.45) is 4.72. The second-order valence-electron chi connectivity index (χ2n) is 7.72. The van der Waals surface area contributed by atoms with Crippen molar-refractivity contribution in [1.29, 1.82) is 0 Å². The Balaban J connectivity index is 1.41. The standard InChI is InChI=1S/C25H19N7O4S/c1-2-31-23(16-9-11-26-12-10-16)28-30-25(31)37-22-8-7-19(32(34)35)13-18(22)15-27-29-24(33)21-14-17-5-3-4-6-20(17)36-21/h3-15H,2H2,1H3,(H,29,33)/b27-15+. The number of pyridine rings is 1. The molecule has 0 aliphatic rings. The summed E-state index contributed by atoms with van der Waals surface area (Å²) in [6, 6.07) is 17.0.